The molecule has 1 fully saturated rings. The number of thiophene rings is 1. The Labute approximate surface area is 158 Å². The smallest absolute Gasteiger partial charge is 0.162 e. The summed E-state index contributed by atoms with van der Waals surface area (Å²) in [6.07, 6.45) is 5.96. The van der Waals surface area contributed by atoms with Gasteiger partial charge in [-0.25, -0.2) is 9.98 Å². The van der Waals surface area contributed by atoms with E-state index in [1.165, 1.54) is 17.9 Å². The van der Waals surface area contributed by atoms with Crippen LogP contribution >= 0.6 is 22.4 Å². The molecule has 2 aromatic heterocycles. The SMILES string of the molecule is COc1ccc(-c2ccc(C(O)[SH]3C(C4CC4)=Nc4cncn43)s2)cc1. The van der Waals surface area contributed by atoms with Crippen molar-refractivity contribution in [3.05, 3.63) is 53.8 Å². The van der Waals surface area contributed by atoms with Gasteiger partial charge in [0.25, 0.3) is 0 Å². The van der Waals surface area contributed by atoms with Crippen molar-refractivity contribution < 1.29 is 9.84 Å². The Morgan fingerprint density at radius 3 is 2.77 bits per heavy atom. The maximum absolute atomic E-state index is 11.2. The van der Waals surface area contributed by atoms with Crippen LogP contribution in [0, 0.1) is 5.92 Å². The van der Waals surface area contributed by atoms with Crippen LogP contribution in [0.4, 0.5) is 5.82 Å². The molecule has 3 aromatic rings. The van der Waals surface area contributed by atoms with E-state index in [1.54, 1.807) is 31.0 Å². The second-order valence-electron chi connectivity index (χ2n) is 6.49. The molecule has 26 heavy (non-hydrogen) atoms. The van der Waals surface area contributed by atoms with Crippen LogP contribution in [-0.4, -0.2) is 26.2 Å². The molecule has 0 saturated heterocycles. The number of fused-ring (bicyclic) bond motifs is 1. The molecule has 1 aromatic carbocycles. The fourth-order valence-corrected chi connectivity index (χ4v) is 6.89. The van der Waals surface area contributed by atoms with Gasteiger partial charge in [-0.3, -0.25) is 3.97 Å². The molecule has 1 saturated carbocycles. The van der Waals surface area contributed by atoms with E-state index in [9.17, 15) is 5.11 Å². The number of benzene rings is 1. The number of aliphatic hydroxyl groups is 1. The molecular formula is C19H19N3O2S2. The van der Waals surface area contributed by atoms with Crippen LogP contribution in [0.2, 0.25) is 0 Å². The van der Waals surface area contributed by atoms with Crippen LogP contribution in [0.25, 0.3) is 10.4 Å². The molecule has 1 aliphatic carbocycles. The second-order valence-corrected chi connectivity index (χ2v) is 9.67. The first-order valence-corrected chi connectivity index (χ1v) is 10.8. The summed E-state index contributed by atoms with van der Waals surface area (Å²) in [7, 11) is 1.67. The minimum absolute atomic E-state index is 0.539. The Balaban J connectivity index is 1.45. The van der Waals surface area contributed by atoms with Crippen molar-refractivity contribution in [1.82, 2.24) is 8.96 Å². The summed E-state index contributed by atoms with van der Waals surface area (Å²) in [5.41, 5.74) is 0.588. The normalized spacial score (nSPS) is 21.3. The number of imidazole rings is 1. The van der Waals surface area contributed by atoms with Crippen LogP contribution in [0.1, 0.15) is 23.2 Å². The van der Waals surface area contributed by atoms with Gasteiger partial charge in [0.15, 0.2) is 5.82 Å². The van der Waals surface area contributed by atoms with Crippen molar-refractivity contribution in [2.75, 3.05) is 7.11 Å². The molecule has 3 heterocycles. The van der Waals surface area contributed by atoms with Gasteiger partial charge in [-0.2, -0.15) is 0 Å². The van der Waals surface area contributed by atoms with E-state index in [4.69, 9.17) is 9.73 Å². The van der Waals surface area contributed by atoms with Gasteiger partial charge < -0.3 is 9.84 Å². The Morgan fingerprint density at radius 2 is 2.04 bits per heavy atom. The maximum atomic E-state index is 11.2. The van der Waals surface area contributed by atoms with Crippen LogP contribution < -0.4 is 4.74 Å². The summed E-state index contributed by atoms with van der Waals surface area (Å²) in [5, 5.41) is 12.3. The number of rotatable bonds is 5. The third-order valence-electron chi connectivity index (χ3n) is 4.73. The molecule has 1 N–H and O–H groups in total. The molecule has 2 unspecified atom stereocenters. The van der Waals surface area contributed by atoms with Gasteiger partial charge in [0, 0.05) is 15.7 Å². The highest BCUT2D eigenvalue weighted by atomic mass is 32.2. The number of aromatic nitrogens is 2. The predicted octanol–water partition coefficient (Wildman–Crippen LogP) is 4.53. The molecule has 5 rings (SSSR count). The molecule has 7 heteroatoms. The Bertz CT molecular complexity index is 973. The van der Waals surface area contributed by atoms with Gasteiger partial charge in [0.2, 0.25) is 0 Å². The van der Waals surface area contributed by atoms with E-state index >= 15 is 0 Å². The first-order valence-electron chi connectivity index (χ1n) is 8.57. The lowest BCUT2D eigenvalue weighted by molar-refractivity contribution is 0.272. The minimum Gasteiger partial charge on any atom is -0.497 e. The topological polar surface area (TPSA) is 59.6 Å². The summed E-state index contributed by atoms with van der Waals surface area (Å²) < 4.78 is 7.30. The highest BCUT2D eigenvalue weighted by molar-refractivity contribution is 8.29. The average Bonchev–Trinajstić information content (AvgIpc) is 3.09. The summed E-state index contributed by atoms with van der Waals surface area (Å²) >= 11 is 0.727. The minimum atomic E-state index is -0.915. The molecule has 5 nitrogen and oxygen atoms in total. The molecule has 1 aliphatic heterocycles. The lowest BCUT2D eigenvalue weighted by Crippen LogP contribution is -2.10. The van der Waals surface area contributed by atoms with Gasteiger partial charge in [-0.15, -0.1) is 11.3 Å². The fourth-order valence-electron chi connectivity index (χ4n) is 3.19. The van der Waals surface area contributed by atoms with Gasteiger partial charge in [0.1, 0.15) is 17.5 Å². The third kappa shape index (κ3) is 2.67. The predicted molar refractivity (Wildman–Crippen MR) is 108 cm³/mol. The Kier molecular flexibility index (Phi) is 3.88. The molecule has 134 valence electrons. The lowest BCUT2D eigenvalue weighted by atomic mass is 10.2. The number of hydrogen-bond acceptors (Lipinski definition) is 5. The van der Waals surface area contributed by atoms with E-state index in [1.807, 2.05) is 30.3 Å². The summed E-state index contributed by atoms with van der Waals surface area (Å²) in [6, 6.07) is 12.1. The first kappa shape index (κ1) is 16.1. The van der Waals surface area contributed by atoms with Crippen LogP contribution in [-0.2, 0) is 0 Å². The largest absolute Gasteiger partial charge is 0.497 e. The highest BCUT2D eigenvalue weighted by Crippen LogP contribution is 2.57. The number of hydrogen-bond donors (Lipinski definition) is 2. The van der Waals surface area contributed by atoms with Gasteiger partial charge in [-0.1, -0.05) is 11.1 Å². The number of thiol groups is 1. The summed E-state index contributed by atoms with van der Waals surface area (Å²) in [5.74, 6) is 2.26. The number of methoxy groups -OCH3 is 1. The van der Waals surface area contributed by atoms with Crippen molar-refractivity contribution in [3.63, 3.8) is 0 Å². The number of aliphatic imine (C=N–C) groups is 1. The molecule has 2 atom stereocenters. The van der Waals surface area contributed by atoms with Gasteiger partial charge in [-0.05, 0) is 54.8 Å². The molecule has 0 bridgehead atoms. The van der Waals surface area contributed by atoms with Gasteiger partial charge in [0.05, 0.1) is 18.4 Å². The number of aliphatic hydroxyl groups excluding tert-OH is 1. The van der Waals surface area contributed by atoms with Crippen LogP contribution in [0.5, 0.6) is 5.75 Å². The van der Waals surface area contributed by atoms with Crippen molar-refractivity contribution in [1.29, 1.82) is 0 Å². The number of ether oxygens (including phenoxy) is 1. The highest BCUT2D eigenvalue weighted by Gasteiger charge is 2.39. The summed E-state index contributed by atoms with van der Waals surface area (Å²) in [6.45, 7) is 0. The zero-order chi connectivity index (χ0) is 17.7. The first-order chi connectivity index (χ1) is 12.7. The van der Waals surface area contributed by atoms with Crippen LogP contribution in [0.3, 0.4) is 0 Å². The Morgan fingerprint density at radius 1 is 1.23 bits per heavy atom. The second kappa shape index (κ2) is 6.26. The monoisotopic (exact) mass is 385 g/mol. The van der Waals surface area contributed by atoms with E-state index in [2.05, 4.69) is 15.0 Å². The fraction of sp³-hybridized carbons (Fsp3) is 0.263. The van der Waals surface area contributed by atoms with Gasteiger partial charge >= 0.3 is 0 Å². The van der Waals surface area contributed by atoms with Crippen molar-refractivity contribution in [3.8, 4) is 16.2 Å². The molecule has 0 radical (unpaired) electrons. The van der Waals surface area contributed by atoms with Crippen molar-refractivity contribution in [2.24, 2.45) is 10.9 Å². The standard InChI is InChI=1S/C19H19N3O2S2/c1-24-14-6-4-12(5-7-14)15-8-9-16(25-15)19(23)26-18(13-2-3-13)21-17-10-20-11-22(17)26/h4-11,13,19,23,26H,2-3H2,1H3. The molecule has 2 aliphatic rings. The van der Waals surface area contributed by atoms with Crippen molar-refractivity contribution >= 4 is 33.3 Å². The quantitative estimate of drug-likeness (QED) is 0.635. The van der Waals surface area contributed by atoms with Crippen molar-refractivity contribution in [2.45, 2.75) is 18.3 Å². The van der Waals surface area contributed by atoms with E-state index in [0.29, 0.717) is 5.92 Å². The maximum Gasteiger partial charge on any atom is 0.162 e. The molecule has 0 spiro atoms. The lowest BCUT2D eigenvalue weighted by Gasteiger charge is -2.25. The zero-order valence-corrected chi connectivity index (χ0v) is 16.0. The average molecular weight is 386 g/mol. The summed E-state index contributed by atoms with van der Waals surface area (Å²) in [4.78, 5) is 11.1. The molecule has 0 amide bonds. The number of nitrogens with zero attached hydrogens (tertiary/aromatic N) is 3. The molecular weight excluding hydrogens is 366 g/mol. The van der Waals surface area contributed by atoms with E-state index in [0.717, 1.165) is 26.9 Å². The Hall–Kier alpha value is -2.09. The third-order valence-corrected chi connectivity index (χ3v) is 8.54. The van der Waals surface area contributed by atoms with Crippen LogP contribution in [0.15, 0.2) is 53.9 Å². The van der Waals surface area contributed by atoms with E-state index in [-0.39, 0.29) is 0 Å². The van der Waals surface area contributed by atoms with E-state index < -0.39 is 16.5 Å². The zero-order valence-electron chi connectivity index (χ0n) is 14.2.